The van der Waals surface area contributed by atoms with E-state index in [0.717, 1.165) is 19.3 Å². The molecule has 1 unspecified atom stereocenters. The number of benzene rings is 1. The van der Waals surface area contributed by atoms with Gasteiger partial charge in [0.05, 0.1) is 17.8 Å². The van der Waals surface area contributed by atoms with E-state index in [2.05, 4.69) is 49.4 Å². The van der Waals surface area contributed by atoms with Crippen LogP contribution in [0.4, 0.5) is 4.39 Å². The van der Waals surface area contributed by atoms with E-state index in [1.807, 2.05) is 0 Å². The molecule has 8 heteroatoms. The number of carbonyl (C=O) groups is 1. The van der Waals surface area contributed by atoms with E-state index in [-0.39, 0.29) is 28.1 Å². The van der Waals surface area contributed by atoms with Crippen molar-refractivity contribution in [1.29, 1.82) is 0 Å². The number of nitrogens with zero attached hydrogens (tertiary/aromatic N) is 2. The van der Waals surface area contributed by atoms with Crippen LogP contribution in [0, 0.1) is 22.6 Å². The Kier molecular flexibility index (Phi) is 6.42. The first-order chi connectivity index (χ1) is 16.0. The lowest BCUT2D eigenvalue weighted by atomic mass is 9.51. The molecule has 1 amide bonds. The van der Waals surface area contributed by atoms with Gasteiger partial charge in [-0.1, -0.05) is 56.7 Å². The third-order valence-electron chi connectivity index (χ3n) is 6.62. The molecule has 2 aliphatic carbocycles. The Balaban J connectivity index is 1.57. The van der Waals surface area contributed by atoms with Crippen molar-refractivity contribution in [2.75, 3.05) is 0 Å². The second-order valence-electron chi connectivity index (χ2n) is 10.4. The van der Waals surface area contributed by atoms with Gasteiger partial charge in [-0.3, -0.25) is 14.3 Å². The quantitative estimate of drug-likeness (QED) is 0.603. The molecule has 2 aliphatic rings. The summed E-state index contributed by atoms with van der Waals surface area (Å²) in [5, 5.41) is 17.1. The van der Waals surface area contributed by atoms with E-state index in [0.29, 0.717) is 18.0 Å². The number of aromatic nitrogens is 2. The molecular formula is C26H29ClFN3O3. The van der Waals surface area contributed by atoms with Gasteiger partial charge in [-0.25, -0.2) is 4.39 Å². The third-order valence-corrected chi connectivity index (χ3v) is 6.91. The fourth-order valence-electron chi connectivity index (χ4n) is 5.29. The highest BCUT2D eigenvalue weighted by molar-refractivity contribution is 6.30. The van der Waals surface area contributed by atoms with Crippen LogP contribution in [0.15, 0.2) is 53.0 Å². The zero-order chi connectivity index (χ0) is 24.7. The van der Waals surface area contributed by atoms with E-state index < -0.39 is 22.9 Å². The first kappa shape index (κ1) is 24.2. The molecule has 180 valence electrons. The molecule has 0 radical (unpaired) electrons. The minimum Gasteiger partial charge on any atom is -0.503 e. The average Bonchev–Trinajstić information content (AvgIpc) is 2.75. The number of aromatic hydroxyl groups is 1. The molecule has 2 N–H and O–H groups in total. The van der Waals surface area contributed by atoms with Crippen LogP contribution in [0.5, 0.6) is 5.75 Å². The van der Waals surface area contributed by atoms with Crippen molar-refractivity contribution in [2.45, 2.75) is 53.1 Å². The number of carbonyl (C=O) groups excluding carboxylic acids is 1. The average molecular weight is 486 g/mol. The maximum Gasteiger partial charge on any atom is 0.276 e. The summed E-state index contributed by atoms with van der Waals surface area (Å²) in [7, 11) is 0. The lowest BCUT2D eigenvalue weighted by Crippen LogP contribution is -2.47. The summed E-state index contributed by atoms with van der Waals surface area (Å²) in [5.74, 6) is -1.31. The van der Waals surface area contributed by atoms with Crippen LogP contribution in [0.2, 0.25) is 5.02 Å². The number of amides is 1. The van der Waals surface area contributed by atoms with Crippen molar-refractivity contribution in [3.63, 3.8) is 0 Å². The number of nitrogens with one attached hydrogen (secondary N) is 1. The standard InChI is InChI=1S/C26H29ClFN3O3/c1-16-4-7-18(8-5-16)26(13-25(2,3)14-26)15-31-12-21(32)23(33)22(30-31)24(34)29-11-17-6-9-20(28)19(27)10-17/h4,6-10,12,16,32H,5,11,13-15H2,1-3H3,(H,29,34). The van der Waals surface area contributed by atoms with Crippen LogP contribution < -0.4 is 10.7 Å². The van der Waals surface area contributed by atoms with E-state index in [9.17, 15) is 19.1 Å². The van der Waals surface area contributed by atoms with Gasteiger partial charge in [0.25, 0.3) is 11.3 Å². The fraction of sp³-hybridized carbons (Fsp3) is 0.423. The summed E-state index contributed by atoms with van der Waals surface area (Å²) in [6.07, 6.45) is 10.8. The van der Waals surface area contributed by atoms with Crippen LogP contribution in [0.25, 0.3) is 0 Å². The Morgan fingerprint density at radius 1 is 1.35 bits per heavy atom. The molecule has 34 heavy (non-hydrogen) atoms. The third kappa shape index (κ3) is 4.94. The highest BCUT2D eigenvalue weighted by atomic mass is 35.5. The Morgan fingerprint density at radius 3 is 2.71 bits per heavy atom. The molecule has 1 aromatic heterocycles. The molecule has 0 bridgehead atoms. The molecule has 2 aromatic rings. The Labute approximate surface area is 203 Å². The molecule has 1 saturated carbocycles. The van der Waals surface area contributed by atoms with Crippen molar-refractivity contribution in [3.05, 3.63) is 80.5 Å². The summed E-state index contributed by atoms with van der Waals surface area (Å²) in [6, 6.07) is 4.10. The molecule has 1 fully saturated rings. The summed E-state index contributed by atoms with van der Waals surface area (Å²) in [6.45, 7) is 7.09. The van der Waals surface area contributed by atoms with Crippen LogP contribution in [-0.4, -0.2) is 20.8 Å². The largest absolute Gasteiger partial charge is 0.503 e. The zero-order valence-electron chi connectivity index (χ0n) is 19.6. The van der Waals surface area contributed by atoms with Crippen LogP contribution in [-0.2, 0) is 13.1 Å². The van der Waals surface area contributed by atoms with E-state index >= 15 is 0 Å². The number of rotatable bonds is 6. The lowest BCUT2D eigenvalue weighted by Gasteiger charge is -2.54. The van der Waals surface area contributed by atoms with E-state index in [1.165, 1.54) is 34.7 Å². The minimum absolute atomic E-state index is 0.0314. The molecule has 1 atom stereocenters. The monoisotopic (exact) mass is 485 g/mol. The first-order valence-electron chi connectivity index (χ1n) is 11.4. The predicted octanol–water partition coefficient (Wildman–Crippen LogP) is 5.00. The van der Waals surface area contributed by atoms with Crippen molar-refractivity contribution < 1.29 is 14.3 Å². The van der Waals surface area contributed by atoms with Gasteiger partial charge < -0.3 is 10.4 Å². The molecule has 0 saturated heterocycles. The highest BCUT2D eigenvalue weighted by Crippen LogP contribution is 2.59. The van der Waals surface area contributed by atoms with Gasteiger partial charge in [-0.2, -0.15) is 5.10 Å². The van der Waals surface area contributed by atoms with Crippen LogP contribution >= 0.6 is 11.6 Å². The van der Waals surface area contributed by atoms with E-state index in [1.54, 1.807) is 0 Å². The highest BCUT2D eigenvalue weighted by Gasteiger charge is 2.51. The number of hydrogen-bond acceptors (Lipinski definition) is 4. The van der Waals surface area contributed by atoms with Crippen molar-refractivity contribution >= 4 is 17.5 Å². The molecule has 0 spiro atoms. The van der Waals surface area contributed by atoms with E-state index in [4.69, 9.17) is 11.6 Å². The Bertz CT molecular complexity index is 1240. The molecule has 6 nitrogen and oxygen atoms in total. The van der Waals surface area contributed by atoms with Gasteiger partial charge in [0, 0.05) is 12.0 Å². The van der Waals surface area contributed by atoms with Crippen molar-refractivity contribution in [2.24, 2.45) is 16.7 Å². The van der Waals surface area contributed by atoms with Crippen LogP contribution in [0.3, 0.4) is 0 Å². The normalized spacial score (nSPS) is 20.4. The van der Waals surface area contributed by atoms with Gasteiger partial charge in [-0.15, -0.1) is 0 Å². The maximum absolute atomic E-state index is 13.4. The summed E-state index contributed by atoms with van der Waals surface area (Å²) in [5.41, 5.74) is 0.594. The summed E-state index contributed by atoms with van der Waals surface area (Å²) in [4.78, 5) is 25.2. The molecular weight excluding hydrogens is 457 g/mol. The van der Waals surface area contributed by atoms with Gasteiger partial charge in [0.1, 0.15) is 5.82 Å². The van der Waals surface area contributed by atoms with Crippen LogP contribution in [0.1, 0.15) is 56.1 Å². The number of allylic oxidation sites excluding steroid dienone is 4. The topological polar surface area (TPSA) is 84.2 Å². The fourth-order valence-corrected chi connectivity index (χ4v) is 5.49. The van der Waals surface area contributed by atoms with Gasteiger partial charge in [0.2, 0.25) is 0 Å². The number of hydrogen-bond donors (Lipinski definition) is 2. The SMILES string of the molecule is CC1C=CC(C2(Cn3cc(O)c(=O)c(C(=O)NCc4ccc(F)c(Cl)c4)n3)CC(C)(C)C2)=CC1. The van der Waals surface area contributed by atoms with Gasteiger partial charge >= 0.3 is 0 Å². The Morgan fingerprint density at radius 2 is 2.09 bits per heavy atom. The molecule has 1 heterocycles. The second-order valence-corrected chi connectivity index (χ2v) is 10.8. The lowest BCUT2D eigenvalue weighted by molar-refractivity contribution is 0.00366. The smallest absolute Gasteiger partial charge is 0.276 e. The molecule has 0 aliphatic heterocycles. The van der Waals surface area contributed by atoms with Crippen molar-refractivity contribution in [1.82, 2.24) is 15.1 Å². The maximum atomic E-state index is 13.4. The summed E-state index contributed by atoms with van der Waals surface area (Å²) < 4.78 is 14.9. The number of halogens is 2. The minimum atomic E-state index is -0.834. The Hall–Kier alpha value is -2.93. The molecule has 1 aromatic carbocycles. The summed E-state index contributed by atoms with van der Waals surface area (Å²) >= 11 is 5.79. The van der Waals surface area contributed by atoms with Gasteiger partial charge in [-0.05, 0) is 53.9 Å². The van der Waals surface area contributed by atoms with Gasteiger partial charge in [0.15, 0.2) is 11.4 Å². The second kappa shape index (κ2) is 9.02. The van der Waals surface area contributed by atoms with Crippen molar-refractivity contribution in [3.8, 4) is 5.75 Å². The molecule has 4 rings (SSSR count). The predicted molar refractivity (Wildman–Crippen MR) is 129 cm³/mol. The first-order valence-corrected chi connectivity index (χ1v) is 11.8. The zero-order valence-corrected chi connectivity index (χ0v) is 20.3.